The molecule has 3 amide bonds. The third kappa shape index (κ3) is 4.81. The van der Waals surface area contributed by atoms with E-state index < -0.39 is 0 Å². The van der Waals surface area contributed by atoms with E-state index in [4.69, 9.17) is 11.6 Å². The van der Waals surface area contributed by atoms with Crippen molar-refractivity contribution in [2.75, 3.05) is 20.1 Å². The van der Waals surface area contributed by atoms with Crippen LogP contribution in [0.2, 0.25) is 5.02 Å². The SMILES string of the molecule is Cc1cc(CNC(=O)N(C)[C@@H]2CCCN(C(=O)c3ccccn3)C2)ccc1Cl. The highest BCUT2D eigenvalue weighted by atomic mass is 35.5. The maximum Gasteiger partial charge on any atom is 0.317 e. The number of rotatable bonds is 4. The van der Waals surface area contributed by atoms with Gasteiger partial charge in [-0.25, -0.2) is 4.79 Å². The molecule has 1 aliphatic rings. The normalized spacial score (nSPS) is 16.5. The molecule has 0 spiro atoms. The summed E-state index contributed by atoms with van der Waals surface area (Å²) in [6.07, 6.45) is 3.35. The van der Waals surface area contributed by atoms with Crippen molar-refractivity contribution < 1.29 is 9.59 Å². The van der Waals surface area contributed by atoms with Gasteiger partial charge in [0.1, 0.15) is 5.69 Å². The largest absolute Gasteiger partial charge is 0.335 e. The van der Waals surface area contributed by atoms with Crippen LogP contribution in [-0.4, -0.2) is 52.9 Å². The molecule has 1 N–H and O–H groups in total. The number of aryl methyl sites for hydroxylation is 1. The van der Waals surface area contributed by atoms with E-state index in [1.54, 1.807) is 41.2 Å². The number of benzene rings is 1. The average Bonchev–Trinajstić information content (AvgIpc) is 2.74. The van der Waals surface area contributed by atoms with Crippen molar-refractivity contribution >= 4 is 23.5 Å². The van der Waals surface area contributed by atoms with Gasteiger partial charge in [-0.3, -0.25) is 9.78 Å². The number of halogens is 1. The number of aromatic nitrogens is 1. The lowest BCUT2D eigenvalue weighted by Gasteiger charge is -2.37. The molecule has 148 valence electrons. The van der Waals surface area contributed by atoms with Crippen molar-refractivity contribution in [1.29, 1.82) is 0 Å². The first-order valence-electron chi connectivity index (χ1n) is 9.41. The Hall–Kier alpha value is -2.60. The monoisotopic (exact) mass is 400 g/mol. The number of hydrogen-bond donors (Lipinski definition) is 1. The molecule has 1 fully saturated rings. The van der Waals surface area contributed by atoms with Gasteiger partial charge in [-0.05, 0) is 49.1 Å². The Kier molecular flexibility index (Phi) is 6.52. The van der Waals surface area contributed by atoms with Crippen molar-refractivity contribution in [2.45, 2.75) is 32.4 Å². The van der Waals surface area contributed by atoms with Crippen LogP contribution in [0.3, 0.4) is 0 Å². The number of piperidine rings is 1. The molecule has 28 heavy (non-hydrogen) atoms. The van der Waals surface area contributed by atoms with E-state index in [-0.39, 0.29) is 18.0 Å². The number of urea groups is 1. The van der Waals surface area contributed by atoms with Crippen LogP contribution in [0.1, 0.15) is 34.5 Å². The van der Waals surface area contributed by atoms with Gasteiger partial charge in [0.05, 0.1) is 6.04 Å². The number of pyridine rings is 1. The number of nitrogens with zero attached hydrogens (tertiary/aromatic N) is 3. The minimum absolute atomic E-state index is 0.0200. The fraction of sp³-hybridized carbons (Fsp3) is 0.381. The molecule has 0 radical (unpaired) electrons. The van der Waals surface area contributed by atoms with Crippen molar-refractivity contribution in [1.82, 2.24) is 20.1 Å². The number of likely N-dealkylation sites (N-methyl/N-ethyl adjacent to an activating group) is 1. The second kappa shape index (κ2) is 9.06. The van der Waals surface area contributed by atoms with Crippen LogP contribution >= 0.6 is 11.6 Å². The summed E-state index contributed by atoms with van der Waals surface area (Å²) in [5, 5.41) is 3.66. The van der Waals surface area contributed by atoms with Gasteiger partial charge in [0.25, 0.3) is 5.91 Å². The topological polar surface area (TPSA) is 65.5 Å². The van der Waals surface area contributed by atoms with Crippen LogP contribution in [0.25, 0.3) is 0 Å². The number of carbonyl (C=O) groups is 2. The second-order valence-corrected chi connectivity index (χ2v) is 7.52. The summed E-state index contributed by atoms with van der Waals surface area (Å²) < 4.78 is 0. The summed E-state index contributed by atoms with van der Waals surface area (Å²) in [5.74, 6) is -0.0873. The molecule has 1 aromatic carbocycles. The van der Waals surface area contributed by atoms with E-state index in [0.29, 0.717) is 30.4 Å². The predicted octanol–water partition coefficient (Wildman–Crippen LogP) is 3.49. The van der Waals surface area contributed by atoms with Crippen molar-refractivity contribution in [3.8, 4) is 0 Å². The summed E-state index contributed by atoms with van der Waals surface area (Å²) in [5.41, 5.74) is 2.42. The fourth-order valence-electron chi connectivity index (χ4n) is 3.39. The molecule has 6 nitrogen and oxygen atoms in total. The highest BCUT2D eigenvalue weighted by molar-refractivity contribution is 6.31. The molecule has 0 saturated carbocycles. The standard InChI is InChI=1S/C21H25ClN4O2/c1-15-12-16(8-9-18(15)22)13-24-21(28)25(2)17-6-5-11-26(14-17)20(27)19-7-3-4-10-23-19/h3-4,7-10,12,17H,5-6,11,13-14H2,1-2H3,(H,24,28)/t17-/m1/s1. The van der Waals surface area contributed by atoms with E-state index in [1.807, 2.05) is 25.1 Å². The number of amides is 3. The third-order valence-corrected chi connectivity index (χ3v) is 5.53. The molecule has 2 aromatic rings. The maximum atomic E-state index is 12.6. The first-order chi connectivity index (χ1) is 13.5. The Labute approximate surface area is 170 Å². The molecular weight excluding hydrogens is 376 g/mol. The van der Waals surface area contributed by atoms with Crippen molar-refractivity contribution in [3.05, 3.63) is 64.4 Å². The van der Waals surface area contributed by atoms with Gasteiger partial charge in [0.15, 0.2) is 0 Å². The number of likely N-dealkylation sites (tertiary alicyclic amines) is 1. The molecule has 2 heterocycles. The molecular formula is C21H25ClN4O2. The lowest BCUT2D eigenvalue weighted by Crippen LogP contribution is -2.52. The van der Waals surface area contributed by atoms with E-state index in [1.165, 1.54) is 0 Å². The Morgan fingerprint density at radius 2 is 2.14 bits per heavy atom. The molecule has 7 heteroatoms. The average molecular weight is 401 g/mol. The lowest BCUT2D eigenvalue weighted by molar-refractivity contribution is 0.0630. The van der Waals surface area contributed by atoms with E-state index in [2.05, 4.69) is 10.3 Å². The summed E-state index contributed by atoms with van der Waals surface area (Å²) >= 11 is 6.05. The van der Waals surface area contributed by atoms with Crippen LogP contribution in [0.15, 0.2) is 42.6 Å². The summed E-state index contributed by atoms with van der Waals surface area (Å²) in [4.78, 5) is 32.8. The predicted molar refractivity (Wildman–Crippen MR) is 109 cm³/mol. The van der Waals surface area contributed by atoms with Crippen molar-refractivity contribution in [3.63, 3.8) is 0 Å². The van der Waals surface area contributed by atoms with Gasteiger partial charge in [0, 0.05) is 37.9 Å². The molecule has 0 aliphatic carbocycles. The Morgan fingerprint density at radius 1 is 1.32 bits per heavy atom. The molecule has 1 aromatic heterocycles. The maximum absolute atomic E-state index is 12.6. The number of carbonyl (C=O) groups excluding carboxylic acids is 2. The first-order valence-corrected chi connectivity index (χ1v) is 9.79. The second-order valence-electron chi connectivity index (χ2n) is 7.12. The number of nitrogens with one attached hydrogen (secondary N) is 1. The van der Waals surface area contributed by atoms with E-state index in [9.17, 15) is 9.59 Å². The highest BCUT2D eigenvalue weighted by Crippen LogP contribution is 2.18. The molecule has 1 aliphatic heterocycles. The van der Waals surface area contributed by atoms with Crippen molar-refractivity contribution in [2.24, 2.45) is 0 Å². The lowest BCUT2D eigenvalue weighted by atomic mass is 10.0. The van der Waals surface area contributed by atoms with Crippen LogP contribution in [-0.2, 0) is 6.54 Å². The van der Waals surface area contributed by atoms with Gasteiger partial charge >= 0.3 is 6.03 Å². The van der Waals surface area contributed by atoms with Gasteiger partial charge in [-0.15, -0.1) is 0 Å². The fourth-order valence-corrected chi connectivity index (χ4v) is 3.51. The Morgan fingerprint density at radius 3 is 2.86 bits per heavy atom. The van der Waals surface area contributed by atoms with Crippen LogP contribution in [0.4, 0.5) is 4.79 Å². The van der Waals surface area contributed by atoms with Gasteiger partial charge in [0.2, 0.25) is 0 Å². The van der Waals surface area contributed by atoms with Gasteiger partial charge in [-0.2, -0.15) is 0 Å². The highest BCUT2D eigenvalue weighted by Gasteiger charge is 2.29. The molecule has 1 atom stereocenters. The molecule has 0 unspecified atom stereocenters. The zero-order valence-electron chi connectivity index (χ0n) is 16.2. The summed E-state index contributed by atoms with van der Waals surface area (Å²) in [7, 11) is 1.78. The Bertz CT molecular complexity index is 844. The van der Waals surface area contributed by atoms with Gasteiger partial charge in [-0.1, -0.05) is 29.8 Å². The minimum atomic E-state index is -0.148. The summed E-state index contributed by atoms with van der Waals surface area (Å²) in [6, 6.07) is 10.9. The minimum Gasteiger partial charge on any atom is -0.335 e. The molecule has 1 saturated heterocycles. The first kappa shape index (κ1) is 20.1. The summed E-state index contributed by atoms with van der Waals surface area (Å²) in [6.45, 7) is 3.57. The smallest absolute Gasteiger partial charge is 0.317 e. The van der Waals surface area contributed by atoms with E-state index in [0.717, 1.165) is 24.0 Å². The Balaban J connectivity index is 1.56. The van der Waals surface area contributed by atoms with Crippen LogP contribution in [0, 0.1) is 6.92 Å². The number of hydrogen-bond acceptors (Lipinski definition) is 3. The zero-order chi connectivity index (χ0) is 20.1. The third-order valence-electron chi connectivity index (χ3n) is 5.10. The van der Waals surface area contributed by atoms with Crippen LogP contribution < -0.4 is 5.32 Å². The molecule has 0 bridgehead atoms. The molecule has 3 rings (SSSR count). The van der Waals surface area contributed by atoms with Gasteiger partial charge < -0.3 is 15.1 Å². The quantitative estimate of drug-likeness (QED) is 0.854. The zero-order valence-corrected chi connectivity index (χ0v) is 16.9. The van der Waals surface area contributed by atoms with E-state index >= 15 is 0 Å². The van der Waals surface area contributed by atoms with Crippen LogP contribution in [0.5, 0.6) is 0 Å².